The van der Waals surface area contributed by atoms with E-state index in [-0.39, 0.29) is 11.4 Å². The topological polar surface area (TPSA) is 83.6 Å². The lowest BCUT2D eigenvalue weighted by molar-refractivity contribution is 0.0601. The van der Waals surface area contributed by atoms with Crippen molar-refractivity contribution in [2.45, 2.75) is 38.2 Å². The van der Waals surface area contributed by atoms with Crippen LogP contribution in [0.3, 0.4) is 0 Å². The molecule has 3 N–H and O–H groups in total. The maximum atomic E-state index is 12.5. The lowest BCUT2D eigenvalue weighted by Crippen LogP contribution is -2.42. The molecule has 0 aliphatic heterocycles. The summed E-state index contributed by atoms with van der Waals surface area (Å²) in [5.41, 5.74) is 5.90. The summed E-state index contributed by atoms with van der Waals surface area (Å²) < 4.78 is 26.2. The van der Waals surface area contributed by atoms with Gasteiger partial charge in [-0.1, -0.05) is 6.92 Å². The third-order valence-corrected chi connectivity index (χ3v) is 4.71. The Hall–Kier alpha value is -1.11. The highest BCUT2D eigenvalue weighted by molar-refractivity contribution is 7.89. The molecule has 0 radical (unpaired) electrons. The minimum atomic E-state index is -3.61. The number of sulfonamides is 1. The van der Waals surface area contributed by atoms with E-state index in [2.05, 4.69) is 0 Å². The summed E-state index contributed by atoms with van der Waals surface area (Å²) in [5, 5.41) is 9.80. The molecule has 108 valence electrons. The molecule has 0 amide bonds. The van der Waals surface area contributed by atoms with Gasteiger partial charge in [0.25, 0.3) is 0 Å². The Morgan fingerprint density at radius 2 is 1.95 bits per heavy atom. The number of hydrogen-bond donors (Lipinski definition) is 2. The smallest absolute Gasteiger partial charge is 0.243 e. The SMILES string of the molecule is CCN(CC(C)(C)O)S(=O)(=O)c1ccc(N)c(C)c1. The molecule has 6 heteroatoms. The Bertz CT molecular complexity index is 547. The summed E-state index contributed by atoms with van der Waals surface area (Å²) in [6.07, 6.45) is 0. The van der Waals surface area contributed by atoms with Crippen LogP contribution < -0.4 is 5.73 Å². The van der Waals surface area contributed by atoms with Gasteiger partial charge in [-0.05, 0) is 44.5 Å². The van der Waals surface area contributed by atoms with Gasteiger partial charge in [0.1, 0.15) is 0 Å². The molecule has 0 aliphatic carbocycles. The Morgan fingerprint density at radius 3 is 2.37 bits per heavy atom. The summed E-state index contributed by atoms with van der Waals surface area (Å²) in [5.74, 6) is 0. The van der Waals surface area contributed by atoms with Gasteiger partial charge in [-0.25, -0.2) is 8.42 Å². The summed E-state index contributed by atoms with van der Waals surface area (Å²) in [6, 6.07) is 4.63. The first kappa shape index (κ1) is 15.9. The molecule has 1 aromatic rings. The van der Waals surface area contributed by atoms with E-state index in [0.29, 0.717) is 12.2 Å². The molecule has 0 aromatic heterocycles. The number of nitrogen functional groups attached to an aromatic ring is 1. The van der Waals surface area contributed by atoms with E-state index in [4.69, 9.17) is 5.73 Å². The fourth-order valence-electron chi connectivity index (χ4n) is 1.76. The van der Waals surface area contributed by atoms with E-state index in [9.17, 15) is 13.5 Å². The Kier molecular flexibility index (Phi) is 4.60. The van der Waals surface area contributed by atoms with Crippen LogP contribution in [0.5, 0.6) is 0 Å². The van der Waals surface area contributed by atoms with Gasteiger partial charge in [0.05, 0.1) is 10.5 Å². The molecule has 0 bridgehead atoms. The van der Waals surface area contributed by atoms with Crippen molar-refractivity contribution < 1.29 is 13.5 Å². The van der Waals surface area contributed by atoms with Crippen LogP contribution in [-0.4, -0.2) is 36.5 Å². The van der Waals surface area contributed by atoms with Gasteiger partial charge < -0.3 is 10.8 Å². The quantitative estimate of drug-likeness (QED) is 0.801. The van der Waals surface area contributed by atoms with Crippen LogP contribution in [0.4, 0.5) is 5.69 Å². The van der Waals surface area contributed by atoms with Gasteiger partial charge in [-0.3, -0.25) is 0 Å². The van der Waals surface area contributed by atoms with Gasteiger partial charge in [0.15, 0.2) is 0 Å². The highest BCUT2D eigenvalue weighted by Crippen LogP contribution is 2.21. The van der Waals surface area contributed by atoms with Crippen molar-refractivity contribution in [2.75, 3.05) is 18.8 Å². The zero-order valence-electron chi connectivity index (χ0n) is 11.8. The van der Waals surface area contributed by atoms with Crippen molar-refractivity contribution >= 4 is 15.7 Å². The van der Waals surface area contributed by atoms with Crippen LogP contribution in [0.15, 0.2) is 23.1 Å². The third-order valence-electron chi connectivity index (χ3n) is 2.80. The number of rotatable bonds is 5. The standard InChI is InChI=1S/C13H22N2O3S/c1-5-15(9-13(3,4)16)19(17,18)11-6-7-12(14)10(2)8-11/h6-8,16H,5,9,14H2,1-4H3. The summed E-state index contributed by atoms with van der Waals surface area (Å²) in [6.45, 7) is 7.03. The molecule has 1 aromatic carbocycles. The number of benzene rings is 1. The molecule has 0 aliphatic rings. The number of nitrogens with zero attached hydrogens (tertiary/aromatic N) is 1. The molecular weight excluding hydrogens is 264 g/mol. The molecule has 0 fully saturated rings. The van der Waals surface area contributed by atoms with Crippen molar-refractivity contribution in [3.63, 3.8) is 0 Å². The summed E-state index contributed by atoms with van der Waals surface area (Å²) in [4.78, 5) is 0.199. The Morgan fingerprint density at radius 1 is 1.37 bits per heavy atom. The van der Waals surface area contributed by atoms with E-state index in [1.165, 1.54) is 10.4 Å². The van der Waals surface area contributed by atoms with Gasteiger partial charge in [-0.2, -0.15) is 4.31 Å². The normalized spacial score (nSPS) is 12.9. The first-order valence-corrected chi connectivity index (χ1v) is 7.60. The number of aliphatic hydroxyl groups is 1. The second-order valence-electron chi connectivity index (χ2n) is 5.26. The van der Waals surface area contributed by atoms with Crippen molar-refractivity contribution in [1.82, 2.24) is 4.31 Å². The van der Waals surface area contributed by atoms with Gasteiger partial charge in [0.2, 0.25) is 10.0 Å². The Balaban J connectivity index is 3.17. The fraction of sp³-hybridized carbons (Fsp3) is 0.538. The molecule has 1 rings (SSSR count). The van der Waals surface area contributed by atoms with Crippen LogP contribution >= 0.6 is 0 Å². The third kappa shape index (κ3) is 3.92. The minimum absolute atomic E-state index is 0.0509. The van der Waals surface area contributed by atoms with Gasteiger partial charge >= 0.3 is 0 Å². The molecule has 0 spiro atoms. The van der Waals surface area contributed by atoms with Crippen LogP contribution in [0, 0.1) is 6.92 Å². The van der Waals surface area contributed by atoms with Crippen molar-refractivity contribution in [1.29, 1.82) is 0 Å². The lowest BCUT2D eigenvalue weighted by Gasteiger charge is -2.27. The van der Waals surface area contributed by atoms with E-state index in [1.807, 2.05) is 0 Å². The molecule has 5 nitrogen and oxygen atoms in total. The average molecular weight is 286 g/mol. The predicted molar refractivity (Wildman–Crippen MR) is 76.3 cm³/mol. The second-order valence-corrected chi connectivity index (χ2v) is 7.20. The number of aryl methyl sites for hydroxylation is 1. The van der Waals surface area contributed by atoms with Crippen molar-refractivity contribution in [2.24, 2.45) is 0 Å². The van der Waals surface area contributed by atoms with E-state index >= 15 is 0 Å². The zero-order valence-corrected chi connectivity index (χ0v) is 12.7. The minimum Gasteiger partial charge on any atom is -0.399 e. The monoisotopic (exact) mass is 286 g/mol. The van der Waals surface area contributed by atoms with Crippen LogP contribution in [0.2, 0.25) is 0 Å². The molecule has 19 heavy (non-hydrogen) atoms. The van der Waals surface area contributed by atoms with E-state index in [0.717, 1.165) is 5.56 Å². The van der Waals surface area contributed by atoms with E-state index < -0.39 is 15.6 Å². The lowest BCUT2D eigenvalue weighted by atomic mass is 10.1. The van der Waals surface area contributed by atoms with Gasteiger partial charge in [0, 0.05) is 18.8 Å². The highest BCUT2D eigenvalue weighted by Gasteiger charge is 2.28. The predicted octanol–water partition coefficient (Wildman–Crippen LogP) is 1.36. The maximum Gasteiger partial charge on any atom is 0.243 e. The van der Waals surface area contributed by atoms with Crippen molar-refractivity contribution in [3.05, 3.63) is 23.8 Å². The van der Waals surface area contributed by atoms with Crippen LogP contribution in [0.1, 0.15) is 26.3 Å². The first-order valence-electron chi connectivity index (χ1n) is 6.16. The second kappa shape index (κ2) is 5.48. The number of nitrogens with two attached hydrogens (primary N) is 1. The first-order chi connectivity index (χ1) is 8.58. The molecule has 0 saturated heterocycles. The van der Waals surface area contributed by atoms with E-state index in [1.54, 1.807) is 39.8 Å². The summed E-state index contributed by atoms with van der Waals surface area (Å²) >= 11 is 0. The summed E-state index contributed by atoms with van der Waals surface area (Å²) in [7, 11) is -3.61. The van der Waals surface area contributed by atoms with Crippen LogP contribution in [0.25, 0.3) is 0 Å². The molecule has 0 atom stereocenters. The zero-order chi connectivity index (χ0) is 14.8. The molecular formula is C13H22N2O3S. The maximum absolute atomic E-state index is 12.5. The molecule has 0 saturated carbocycles. The van der Waals surface area contributed by atoms with Gasteiger partial charge in [-0.15, -0.1) is 0 Å². The highest BCUT2D eigenvalue weighted by atomic mass is 32.2. The fourth-order valence-corrected chi connectivity index (χ4v) is 3.45. The van der Waals surface area contributed by atoms with Crippen molar-refractivity contribution in [3.8, 4) is 0 Å². The van der Waals surface area contributed by atoms with Crippen LogP contribution in [-0.2, 0) is 10.0 Å². The molecule has 0 heterocycles. The Labute approximate surface area is 115 Å². The number of likely N-dealkylation sites (N-methyl/N-ethyl adjacent to an activating group) is 1. The largest absolute Gasteiger partial charge is 0.399 e. The average Bonchev–Trinajstić information content (AvgIpc) is 2.28. The number of anilines is 1. The number of hydrogen-bond acceptors (Lipinski definition) is 4. The molecule has 0 unspecified atom stereocenters.